The van der Waals surface area contributed by atoms with Gasteiger partial charge in [-0.3, -0.25) is 0 Å². The molecule has 0 atom stereocenters. The van der Waals surface area contributed by atoms with Crippen LogP contribution in [0.15, 0.2) is 42.5 Å². The number of carbonyl (C=O) groups excluding carboxylic acids is 1. The smallest absolute Gasteiger partial charge is 0.344 e. The van der Waals surface area contributed by atoms with Gasteiger partial charge in [0.25, 0.3) is 0 Å². The molecular weight excluding hydrogens is 382 g/mol. The summed E-state index contributed by atoms with van der Waals surface area (Å²) in [6, 6.07) is 13.6. The van der Waals surface area contributed by atoms with Gasteiger partial charge in [-0.2, -0.15) is 9.37 Å². The van der Waals surface area contributed by atoms with Crippen LogP contribution >= 0.6 is 23.2 Å². The molecule has 8 heteroatoms. The Labute approximate surface area is 158 Å². The quantitative estimate of drug-likeness (QED) is 0.513. The maximum Gasteiger partial charge on any atom is 0.344 e. The number of hydrogen-bond acceptors (Lipinski definition) is 5. The van der Waals surface area contributed by atoms with Crippen LogP contribution in [0.2, 0.25) is 10.0 Å². The zero-order chi connectivity index (χ0) is 18.7. The second-order valence-corrected chi connectivity index (χ2v) is 6.14. The minimum Gasteiger partial charge on any atom is -0.464 e. The number of aromatic nitrogens is 1. The van der Waals surface area contributed by atoms with Crippen molar-refractivity contribution >= 4 is 45.6 Å². The predicted octanol–water partition coefficient (Wildman–Crippen LogP) is 4.39. The van der Waals surface area contributed by atoms with Crippen molar-refractivity contribution in [2.45, 2.75) is 6.61 Å². The number of nitrogen functional groups attached to an aromatic ring is 1. The Morgan fingerprint density at radius 2 is 1.85 bits per heavy atom. The molecule has 0 unspecified atom stereocenters. The second-order valence-electron chi connectivity index (χ2n) is 5.38. The molecule has 0 bridgehead atoms. The van der Waals surface area contributed by atoms with Gasteiger partial charge in [0.05, 0.1) is 5.69 Å². The number of benzene rings is 2. The number of rotatable bonds is 5. The fourth-order valence-electron chi connectivity index (χ4n) is 2.27. The number of nitrogens with zero attached hydrogens (tertiary/aromatic N) is 1. The van der Waals surface area contributed by atoms with E-state index >= 15 is 0 Å². The molecule has 2 aromatic carbocycles. The normalized spacial score (nSPS) is 10.7. The number of carbonyl (C=O) groups is 1. The Morgan fingerprint density at radius 3 is 2.62 bits per heavy atom. The summed E-state index contributed by atoms with van der Waals surface area (Å²) in [7, 11) is 0. The summed E-state index contributed by atoms with van der Waals surface area (Å²) in [5.41, 5.74) is 6.15. The van der Waals surface area contributed by atoms with E-state index in [9.17, 15) is 9.18 Å². The van der Waals surface area contributed by atoms with Gasteiger partial charge in [0.15, 0.2) is 6.61 Å². The Kier molecular flexibility index (Phi) is 5.44. The Balaban J connectivity index is 1.59. The zero-order valence-electron chi connectivity index (χ0n) is 13.3. The van der Waals surface area contributed by atoms with E-state index in [4.69, 9.17) is 38.4 Å². The lowest BCUT2D eigenvalue weighted by molar-refractivity contribution is -0.147. The standard InChI is InChI=1S/C18H13Cl2FN2O3/c19-14-16(22)15(20)18(23-17(14)21)26-9-13(24)25-8-10-5-6-11-3-1-2-4-12(11)7-10/h1-7H,8-9H2,(H2,22,23). The number of hydrogen-bond donors (Lipinski definition) is 1. The van der Waals surface area contributed by atoms with E-state index in [0.717, 1.165) is 16.3 Å². The SMILES string of the molecule is Nc1c(Cl)c(F)nc(OCC(=O)OCc2ccc3ccccc3c2)c1Cl. The summed E-state index contributed by atoms with van der Waals surface area (Å²) in [5.74, 6) is -2.02. The highest BCUT2D eigenvalue weighted by Crippen LogP contribution is 2.35. The van der Waals surface area contributed by atoms with Gasteiger partial charge >= 0.3 is 5.97 Å². The number of anilines is 1. The molecule has 0 spiro atoms. The van der Waals surface area contributed by atoms with Gasteiger partial charge in [0.2, 0.25) is 11.8 Å². The highest BCUT2D eigenvalue weighted by atomic mass is 35.5. The zero-order valence-corrected chi connectivity index (χ0v) is 14.9. The highest BCUT2D eigenvalue weighted by molar-refractivity contribution is 6.39. The molecule has 1 aromatic heterocycles. The van der Waals surface area contributed by atoms with E-state index in [0.29, 0.717) is 0 Å². The Morgan fingerprint density at radius 1 is 1.12 bits per heavy atom. The molecule has 5 nitrogen and oxygen atoms in total. The number of nitrogens with two attached hydrogens (primary N) is 1. The van der Waals surface area contributed by atoms with E-state index in [1.165, 1.54) is 0 Å². The molecule has 0 saturated carbocycles. The molecule has 1 heterocycles. The number of halogens is 3. The molecular formula is C18H13Cl2FN2O3. The van der Waals surface area contributed by atoms with Gasteiger partial charge in [0.1, 0.15) is 16.7 Å². The predicted molar refractivity (Wildman–Crippen MR) is 97.9 cm³/mol. The highest BCUT2D eigenvalue weighted by Gasteiger charge is 2.17. The van der Waals surface area contributed by atoms with E-state index in [2.05, 4.69) is 4.98 Å². The van der Waals surface area contributed by atoms with E-state index in [1.54, 1.807) is 0 Å². The Bertz CT molecular complexity index is 982. The lowest BCUT2D eigenvalue weighted by Gasteiger charge is -2.10. The molecule has 0 aliphatic carbocycles. The summed E-state index contributed by atoms with van der Waals surface area (Å²) in [6.07, 6.45) is 0. The van der Waals surface area contributed by atoms with Crippen molar-refractivity contribution in [3.05, 3.63) is 64.0 Å². The molecule has 3 aromatic rings. The van der Waals surface area contributed by atoms with Crippen LogP contribution in [0.25, 0.3) is 10.8 Å². The fourth-order valence-corrected chi connectivity index (χ4v) is 2.64. The fraction of sp³-hybridized carbons (Fsp3) is 0.111. The average Bonchev–Trinajstić information content (AvgIpc) is 2.66. The Hall–Kier alpha value is -2.57. The first-order chi connectivity index (χ1) is 12.5. The van der Waals surface area contributed by atoms with Crippen molar-refractivity contribution in [3.63, 3.8) is 0 Å². The van der Waals surface area contributed by atoms with Crippen LogP contribution in [0, 0.1) is 5.95 Å². The van der Waals surface area contributed by atoms with Gasteiger partial charge in [-0.25, -0.2) is 4.79 Å². The van der Waals surface area contributed by atoms with Crippen LogP contribution in [0.5, 0.6) is 5.88 Å². The molecule has 0 aliphatic heterocycles. The molecule has 134 valence electrons. The summed E-state index contributed by atoms with van der Waals surface area (Å²) in [5, 5.41) is 1.56. The first kappa shape index (κ1) is 18.2. The largest absolute Gasteiger partial charge is 0.464 e. The van der Waals surface area contributed by atoms with Crippen LogP contribution in [0.4, 0.5) is 10.1 Å². The van der Waals surface area contributed by atoms with Crippen molar-refractivity contribution in [2.75, 3.05) is 12.3 Å². The van der Waals surface area contributed by atoms with Gasteiger partial charge in [-0.05, 0) is 22.4 Å². The second kappa shape index (κ2) is 7.76. The topological polar surface area (TPSA) is 74.4 Å². The van der Waals surface area contributed by atoms with Gasteiger partial charge in [0, 0.05) is 0 Å². The van der Waals surface area contributed by atoms with Crippen molar-refractivity contribution < 1.29 is 18.7 Å². The number of fused-ring (bicyclic) bond motifs is 1. The lowest BCUT2D eigenvalue weighted by Crippen LogP contribution is -2.16. The van der Waals surface area contributed by atoms with Crippen molar-refractivity contribution in [1.82, 2.24) is 4.98 Å². The van der Waals surface area contributed by atoms with Crippen molar-refractivity contribution in [3.8, 4) is 5.88 Å². The van der Waals surface area contributed by atoms with Crippen LogP contribution in [-0.4, -0.2) is 17.6 Å². The molecule has 0 aliphatic rings. The van der Waals surface area contributed by atoms with Crippen LogP contribution < -0.4 is 10.5 Å². The van der Waals surface area contributed by atoms with Crippen LogP contribution in [0.3, 0.4) is 0 Å². The lowest BCUT2D eigenvalue weighted by atomic mass is 10.1. The van der Waals surface area contributed by atoms with Crippen molar-refractivity contribution in [1.29, 1.82) is 0 Å². The van der Waals surface area contributed by atoms with Gasteiger partial charge in [-0.1, -0.05) is 59.6 Å². The third-order valence-electron chi connectivity index (χ3n) is 3.58. The number of esters is 1. The van der Waals surface area contributed by atoms with Crippen molar-refractivity contribution in [2.24, 2.45) is 0 Å². The molecule has 26 heavy (non-hydrogen) atoms. The summed E-state index contributed by atoms with van der Waals surface area (Å²) >= 11 is 11.4. The number of ether oxygens (including phenoxy) is 2. The monoisotopic (exact) mass is 394 g/mol. The average molecular weight is 395 g/mol. The van der Waals surface area contributed by atoms with Crippen LogP contribution in [-0.2, 0) is 16.1 Å². The van der Waals surface area contributed by atoms with E-state index < -0.39 is 23.5 Å². The minimum absolute atomic E-state index is 0.0747. The van der Waals surface area contributed by atoms with Crippen LogP contribution in [0.1, 0.15) is 5.56 Å². The third-order valence-corrected chi connectivity index (χ3v) is 4.31. The van der Waals surface area contributed by atoms with E-state index in [1.807, 2.05) is 42.5 Å². The molecule has 2 N–H and O–H groups in total. The van der Waals surface area contributed by atoms with E-state index in [-0.39, 0.29) is 23.2 Å². The molecule has 0 fully saturated rings. The summed E-state index contributed by atoms with van der Waals surface area (Å²) in [6.45, 7) is -0.424. The summed E-state index contributed by atoms with van der Waals surface area (Å²) < 4.78 is 23.7. The molecule has 0 amide bonds. The molecule has 3 rings (SSSR count). The van der Waals surface area contributed by atoms with Gasteiger partial charge < -0.3 is 15.2 Å². The minimum atomic E-state index is -1.03. The molecule has 0 radical (unpaired) electrons. The first-order valence-corrected chi connectivity index (χ1v) is 8.27. The number of pyridine rings is 1. The maximum atomic E-state index is 13.5. The first-order valence-electron chi connectivity index (χ1n) is 7.52. The third kappa shape index (κ3) is 3.98. The maximum absolute atomic E-state index is 13.5. The molecule has 0 saturated heterocycles. The van der Waals surface area contributed by atoms with Gasteiger partial charge in [-0.15, -0.1) is 0 Å². The summed E-state index contributed by atoms with van der Waals surface area (Å²) in [4.78, 5) is 15.2.